The zero-order valence-corrected chi connectivity index (χ0v) is 13.6. The topological polar surface area (TPSA) is 40.5 Å². The summed E-state index contributed by atoms with van der Waals surface area (Å²) in [5.41, 5.74) is 1.80. The van der Waals surface area contributed by atoms with Gasteiger partial charge in [0.05, 0.1) is 0 Å². The van der Waals surface area contributed by atoms with Crippen LogP contribution in [-0.2, 0) is 11.2 Å². The summed E-state index contributed by atoms with van der Waals surface area (Å²) in [4.78, 5) is 13.0. The number of carbonyl (C=O) groups is 1. The number of aliphatic carboxylic acids is 1. The molecule has 2 rings (SSSR count). The molecule has 0 saturated carbocycles. The molecule has 1 heterocycles. The predicted octanol–water partition coefficient (Wildman–Crippen LogP) is 3.62. The highest BCUT2D eigenvalue weighted by Gasteiger charge is 2.32. The minimum absolute atomic E-state index is 0. The van der Waals surface area contributed by atoms with Crippen LogP contribution in [0.25, 0.3) is 0 Å². The maximum absolute atomic E-state index is 10.5. The predicted molar refractivity (Wildman–Crippen MR) is 88.0 cm³/mol. The van der Waals surface area contributed by atoms with E-state index in [1.165, 1.54) is 18.4 Å². The van der Waals surface area contributed by atoms with E-state index in [1.54, 1.807) is 0 Å². The van der Waals surface area contributed by atoms with E-state index in [4.69, 9.17) is 5.11 Å². The zero-order chi connectivity index (χ0) is 14.4. The number of halogens is 1. The van der Waals surface area contributed by atoms with Gasteiger partial charge in [-0.15, -0.1) is 12.4 Å². The molecule has 1 aliphatic heterocycles. The van der Waals surface area contributed by atoms with Gasteiger partial charge in [-0.05, 0) is 49.8 Å². The largest absolute Gasteiger partial charge is 0.481 e. The maximum atomic E-state index is 10.5. The van der Waals surface area contributed by atoms with Crippen molar-refractivity contribution in [2.45, 2.75) is 39.0 Å². The lowest BCUT2D eigenvalue weighted by Gasteiger charge is -2.24. The van der Waals surface area contributed by atoms with Crippen LogP contribution in [0, 0.1) is 5.41 Å². The fraction of sp³-hybridized carbons (Fsp3) is 0.588. The summed E-state index contributed by atoms with van der Waals surface area (Å²) in [6, 6.07) is 10.7. The van der Waals surface area contributed by atoms with Gasteiger partial charge < -0.3 is 10.0 Å². The van der Waals surface area contributed by atoms with Crippen molar-refractivity contribution in [1.29, 1.82) is 0 Å². The number of hydrogen-bond acceptors (Lipinski definition) is 2. The second kappa shape index (κ2) is 8.40. The molecule has 1 aliphatic rings. The first kappa shape index (κ1) is 18.0. The van der Waals surface area contributed by atoms with E-state index in [0.29, 0.717) is 5.41 Å². The van der Waals surface area contributed by atoms with Crippen LogP contribution in [0.5, 0.6) is 0 Å². The van der Waals surface area contributed by atoms with Gasteiger partial charge in [0.2, 0.25) is 0 Å². The van der Waals surface area contributed by atoms with Gasteiger partial charge in [-0.2, -0.15) is 0 Å². The molecule has 0 aliphatic carbocycles. The normalized spacial score (nSPS) is 22.0. The molecule has 21 heavy (non-hydrogen) atoms. The Morgan fingerprint density at radius 2 is 2.05 bits per heavy atom. The number of hydrogen-bond donors (Lipinski definition) is 1. The average molecular weight is 312 g/mol. The number of nitrogens with zero attached hydrogens (tertiary/aromatic N) is 1. The minimum atomic E-state index is -0.684. The Kier molecular flexibility index (Phi) is 7.20. The van der Waals surface area contributed by atoms with Crippen molar-refractivity contribution in [3.8, 4) is 0 Å². The van der Waals surface area contributed by atoms with Crippen molar-refractivity contribution in [2.24, 2.45) is 5.41 Å². The number of aryl methyl sites for hydroxylation is 1. The lowest BCUT2D eigenvalue weighted by molar-refractivity contribution is -0.137. The van der Waals surface area contributed by atoms with E-state index < -0.39 is 5.97 Å². The number of benzene rings is 1. The number of carboxylic acid groups (broad SMARTS) is 1. The Morgan fingerprint density at radius 3 is 2.71 bits per heavy atom. The third-order valence-electron chi connectivity index (χ3n) is 4.36. The summed E-state index contributed by atoms with van der Waals surface area (Å²) in [5.74, 6) is -0.684. The molecule has 118 valence electrons. The van der Waals surface area contributed by atoms with Gasteiger partial charge in [-0.1, -0.05) is 37.3 Å². The van der Waals surface area contributed by atoms with Crippen LogP contribution in [0.3, 0.4) is 0 Å². The van der Waals surface area contributed by atoms with Gasteiger partial charge in [-0.25, -0.2) is 0 Å². The summed E-state index contributed by atoms with van der Waals surface area (Å²) in [6.45, 7) is 5.52. The summed E-state index contributed by atoms with van der Waals surface area (Å²) < 4.78 is 0. The van der Waals surface area contributed by atoms with E-state index in [1.807, 2.05) is 0 Å². The maximum Gasteiger partial charge on any atom is 0.303 e. The molecule has 1 unspecified atom stereocenters. The Morgan fingerprint density at radius 1 is 1.33 bits per heavy atom. The van der Waals surface area contributed by atoms with Crippen molar-refractivity contribution >= 4 is 18.4 Å². The molecule has 1 fully saturated rings. The van der Waals surface area contributed by atoms with E-state index in [9.17, 15) is 4.79 Å². The first-order valence-electron chi connectivity index (χ1n) is 7.55. The Labute approximate surface area is 133 Å². The van der Waals surface area contributed by atoms with Crippen molar-refractivity contribution < 1.29 is 9.90 Å². The summed E-state index contributed by atoms with van der Waals surface area (Å²) >= 11 is 0. The molecule has 1 aromatic rings. The molecule has 1 atom stereocenters. The van der Waals surface area contributed by atoms with Crippen LogP contribution in [0.2, 0.25) is 0 Å². The van der Waals surface area contributed by atoms with Gasteiger partial charge in [-0.3, -0.25) is 4.79 Å². The molecule has 0 radical (unpaired) electrons. The lowest BCUT2D eigenvalue weighted by atomic mass is 9.83. The van der Waals surface area contributed by atoms with Gasteiger partial charge in [0.1, 0.15) is 0 Å². The average Bonchev–Trinajstić information content (AvgIpc) is 2.80. The molecule has 3 nitrogen and oxygen atoms in total. The van der Waals surface area contributed by atoms with Crippen LogP contribution < -0.4 is 0 Å². The summed E-state index contributed by atoms with van der Waals surface area (Å²) in [7, 11) is 0. The lowest BCUT2D eigenvalue weighted by Crippen LogP contribution is -2.26. The molecule has 0 amide bonds. The molecule has 0 spiro atoms. The van der Waals surface area contributed by atoms with Crippen LogP contribution in [0.4, 0.5) is 0 Å². The number of likely N-dealkylation sites (tertiary alicyclic amines) is 1. The van der Waals surface area contributed by atoms with Gasteiger partial charge in [0.25, 0.3) is 0 Å². The highest BCUT2D eigenvalue weighted by Crippen LogP contribution is 2.34. The molecule has 1 aromatic carbocycles. The van der Waals surface area contributed by atoms with E-state index in [-0.39, 0.29) is 18.8 Å². The molecule has 0 bridgehead atoms. The number of carboxylic acids is 1. The molecular weight excluding hydrogens is 286 g/mol. The Balaban J connectivity index is 0.00000220. The SMILES string of the molecule is CC1(CCc2ccccc2)CCN(CCCC(=O)O)C1.Cl. The quantitative estimate of drug-likeness (QED) is 0.836. The highest BCUT2D eigenvalue weighted by molar-refractivity contribution is 5.85. The summed E-state index contributed by atoms with van der Waals surface area (Å²) in [5, 5.41) is 8.68. The standard InChI is InChI=1S/C17H25NO2.ClH/c1-17(10-9-15-6-3-2-4-7-15)11-13-18(14-17)12-5-8-16(19)20;/h2-4,6-7H,5,8-14H2,1H3,(H,19,20);1H. The van der Waals surface area contributed by atoms with Crippen LogP contribution >= 0.6 is 12.4 Å². The van der Waals surface area contributed by atoms with Gasteiger partial charge in [0.15, 0.2) is 0 Å². The highest BCUT2D eigenvalue weighted by atomic mass is 35.5. The van der Waals surface area contributed by atoms with Crippen molar-refractivity contribution in [2.75, 3.05) is 19.6 Å². The van der Waals surface area contributed by atoms with Gasteiger partial charge in [0, 0.05) is 13.0 Å². The number of rotatable bonds is 7. The van der Waals surface area contributed by atoms with E-state index in [0.717, 1.165) is 32.5 Å². The second-order valence-corrected chi connectivity index (χ2v) is 6.32. The molecule has 0 aromatic heterocycles. The molecule has 1 N–H and O–H groups in total. The first-order valence-corrected chi connectivity index (χ1v) is 7.55. The Bertz CT molecular complexity index is 438. The first-order chi connectivity index (χ1) is 9.57. The summed E-state index contributed by atoms with van der Waals surface area (Å²) in [6.07, 6.45) is 4.64. The third kappa shape index (κ3) is 6.06. The van der Waals surface area contributed by atoms with Gasteiger partial charge >= 0.3 is 5.97 Å². The van der Waals surface area contributed by atoms with Crippen molar-refractivity contribution in [3.63, 3.8) is 0 Å². The fourth-order valence-electron chi connectivity index (χ4n) is 3.07. The van der Waals surface area contributed by atoms with Crippen molar-refractivity contribution in [1.82, 2.24) is 4.90 Å². The smallest absolute Gasteiger partial charge is 0.303 e. The minimum Gasteiger partial charge on any atom is -0.481 e. The Hall–Kier alpha value is -1.06. The fourth-order valence-corrected chi connectivity index (χ4v) is 3.07. The second-order valence-electron chi connectivity index (χ2n) is 6.32. The van der Waals surface area contributed by atoms with Crippen LogP contribution in [0.1, 0.15) is 38.2 Å². The monoisotopic (exact) mass is 311 g/mol. The van der Waals surface area contributed by atoms with Crippen molar-refractivity contribution in [3.05, 3.63) is 35.9 Å². The third-order valence-corrected chi connectivity index (χ3v) is 4.36. The van der Waals surface area contributed by atoms with Crippen LogP contribution in [-0.4, -0.2) is 35.6 Å². The molecular formula is C17H26ClNO2. The zero-order valence-electron chi connectivity index (χ0n) is 12.8. The van der Waals surface area contributed by atoms with E-state index in [2.05, 4.69) is 42.2 Å². The molecule has 4 heteroatoms. The van der Waals surface area contributed by atoms with Crippen LogP contribution in [0.15, 0.2) is 30.3 Å². The molecule has 1 saturated heterocycles. The van der Waals surface area contributed by atoms with E-state index >= 15 is 0 Å².